The maximum atomic E-state index is 12.3. The molecular weight excluding hydrogens is 701 g/mol. The van der Waals surface area contributed by atoms with Gasteiger partial charge in [0, 0.05) is 10.8 Å². The van der Waals surface area contributed by atoms with E-state index in [-0.39, 0.29) is 4.75 Å². The number of fused-ring (bicyclic) bond motifs is 2. The molecule has 0 spiro atoms. The van der Waals surface area contributed by atoms with Crippen LogP contribution in [0.5, 0.6) is 11.5 Å². The SMILES string of the molecule is CC(=NS(=O)C(C)(C)C)c1ccc2cc(OC3CCC(C(C)(C)C)CC3)ccc2n1.CC(C)(N)c1ccc2cc(OC3CCC(C(C)(C)C)CC3)ccc2n1. The third kappa shape index (κ3) is 11.8. The van der Waals surface area contributed by atoms with Crippen LogP contribution in [-0.4, -0.2) is 36.8 Å². The number of hydrogen-bond donors (Lipinski definition) is 1. The Morgan fingerprint density at radius 2 is 1.07 bits per heavy atom. The highest BCUT2D eigenvalue weighted by atomic mass is 32.2. The van der Waals surface area contributed by atoms with Gasteiger partial charge in [0.25, 0.3) is 0 Å². The Bertz CT molecular complexity index is 1960. The van der Waals surface area contributed by atoms with Crippen molar-refractivity contribution in [2.45, 2.75) is 157 Å². The summed E-state index contributed by atoms with van der Waals surface area (Å²) in [4.78, 5) is 9.41. The average molecular weight is 769 g/mol. The molecule has 0 aliphatic heterocycles. The molecule has 0 bridgehead atoms. The van der Waals surface area contributed by atoms with Gasteiger partial charge in [0.1, 0.15) is 22.5 Å². The van der Waals surface area contributed by atoms with Gasteiger partial charge >= 0.3 is 0 Å². The fourth-order valence-corrected chi connectivity index (χ4v) is 8.32. The van der Waals surface area contributed by atoms with Crippen LogP contribution in [0.1, 0.15) is 146 Å². The Kier molecular flexibility index (Phi) is 13.2. The maximum absolute atomic E-state index is 12.3. The summed E-state index contributed by atoms with van der Waals surface area (Å²) >= 11 is 0. The summed E-state index contributed by atoms with van der Waals surface area (Å²) in [7, 11) is -1.29. The predicted octanol–water partition coefficient (Wildman–Crippen LogP) is 11.9. The molecule has 2 saturated carbocycles. The van der Waals surface area contributed by atoms with E-state index in [0.717, 1.165) is 82.2 Å². The quantitative estimate of drug-likeness (QED) is 0.188. The average Bonchev–Trinajstić information content (AvgIpc) is 3.10. The lowest BCUT2D eigenvalue weighted by Gasteiger charge is -2.37. The Morgan fingerprint density at radius 3 is 1.49 bits per heavy atom. The van der Waals surface area contributed by atoms with Crippen molar-refractivity contribution in [1.29, 1.82) is 0 Å². The summed E-state index contributed by atoms with van der Waals surface area (Å²) in [5.74, 6) is 3.46. The van der Waals surface area contributed by atoms with Gasteiger partial charge in [0.05, 0.1) is 50.6 Å². The standard InChI is InChI=1S/C25H36N2O2S.C22H32N2O/c1-17(27-30(28)25(5,6)7)22-14-8-18-16-21(13-15-23(18)26-22)29-20-11-9-19(10-12-20)24(2,3)4;1-21(2,3)16-7-9-17(10-8-16)25-18-11-12-19-15(14-18)6-13-20(24-19)22(4,5)23/h8,13-16,19-20H,9-12H2,1-7H3;6,11-14,16-17H,7-10,23H2,1-5H3. The Balaban J connectivity index is 0.000000214. The number of rotatable bonds is 7. The summed E-state index contributed by atoms with van der Waals surface area (Å²) in [5.41, 5.74) is 10.8. The molecule has 300 valence electrons. The minimum absolute atomic E-state index is 0.301. The van der Waals surface area contributed by atoms with Gasteiger partial charge in [0.2, 0.25) is 0 Å². The van der Waals surface area contributed by atoms with Crippen molar-refractivity contribution in [1.82, 2.24) is 9.97 Å². The van der Waals surface area contributed by atoms with E-state index in [2.05, 4.69) is 64.1 Å². The molecular formula is C47H68N4O3S. The number of benzene rings is 2. The van der Waals surface area contributed by atoms with Crippen LogP contribution >= 0.6 is 0 Å². The second-order valence-electron chi connectivity index (χ2n) is 19.8. The van der Waals surface area contributed by atoms with Gasteiger partial charge in [-0.15, -0.1) is 0 Å². The van der Waals surface area contributed by atoms with E-state index in [1.54, 1.807) is 0 Å². The normalized spacial score (nSPS) is 22.2. The molecule has 4 aromatic rings. The zero-order chi connectivity index (χ0) is 40.3. The molecule has 1 unspecified atom stereocenters. The largest absolute Gasteiger partial charge is 0.490 e. The molecule has 8 heteroatoms. The van der Waals surface area contributed by atoms with Crippen LogP contribution in [0.3, 0.4) is 0 Å². The molecule has 2 aliphatic rings. The van der Waals surface area contributed by atoms with Crippen molar-refractivity contribution < 1.29 is 13.7 Å². The van der Waals surface area contributed by atoms with Crippen molar-refractivity contribution in [3.63, 3.8) is 0 Å². The molecule has 2 aromatic heterocycles. The fraction of sp³-hybridized carbons (Fsp3) is 0.596. The van der Waals surface area contributed by atoms with Crippen LogP contribution in [0.25, 0.3) is 21.8 Å². The minimum Gasteiger partial charge on any atom is -0.490 e. The van der Waals surface area contributed by atoms with Gasteiger partial charge in [-0.3, -0.25) is 4.98 Å². The van der Waals surface area contributed by atoms with Gasteiger partial charge in [-0.2, -0.15) is 4.40 Å². The summed E-state index contributed by atoms with van der Waals surface area (Å²) in [6.45, 7) is 25.7. The molecule has 0 amide bonds. The molecule has 2 aromatic carbocycles. The smallest absolute Gasteiger partial charge is 0.145 e. The van der Waals surface area contributed by atoms with Gasteiger partial charge in [0.15, 0.2) is 0 Å². The first-order valence-electron chi connectivity index (χ1n) is 20.5. The van der Waals surface area contributed by atoms with E-state index >= 15 is 0 Å². The van der Waals surface area contributed by atoms with E-state index in [1.807, 2.05) is 84.0 Å². The number of nitrogens with two attached hydrogens (primary N) is 1. The first kappa shape index (κ1) is 42.8. The summed E-state index contributed by atoms with van der Waals surface area (Å²) in [6.07, 6.45) is 10.2. The Morgan fingerprint density at radius 1 is 0.636 bits per heavy atom. The van der Waals surface area contributed by atoms with Crippen molar-refractivity contribution in [2.24, 2.45) is 32.8 Å². The first-order valence-corrected chi connectivity index (χ1v) is 21.6. The summed E-state index contributed by atoms with van der Waals surface area (Å²) < 4.78 is 28.8. The maximum Gasteiger partial charge on any atom is 0.145 e. The highest BCUT2D eigenvalue weighted by Gasteiger charge is 2.32. The lowest BCUT2D eigenvalue weighted by molar-refractivity contribution is 0.0881. The lowest BCUT2D eigenvalue weighted by Crippen LogP contribution is -2.30. The van der Waals surface area contributed by atoms with Crippen LogP contribution in [0.4, 0.5) is 0 Å². The Hall–Kier alpha value is -3.36. The first-order chi connectivity index (χ1) is 25.6. The van der Waals surface area contributed by atoms with Gasteiger partial charge < -0.3 is 15.2 Å². The summed E-state index contributed by atoms with van der Waals surface area (Å²) in [6, 6.07) is 20.4. The lowest BCUT2D eigenvalue weighted by atomic mass is 9.72. The van der Waals surface area contributed by atoms with E-state index in [1.165, 1.54) is 25.7 Å². The summed E-state index contributed by atoms with van der Waals surface area (Å²) in [5, 5.41) is 2.15. The monoisotopic (exact) mass is 769 g/mol. The van der Waals surface area contributed by atoms with Gasteiger partial charge in [-0.1, -0.05) is 53.7 Å². The molecule has 6 rings (SSSR count). The molecule has 7 nitrogen and oxygen atoms in total. The predicted molar refractivity (Wildman–Crippen MR) is 232 cm³/mol. The third-order valence-electron chi connectivity index (χ3n) is 11.5. The van der Waals surface area contributed by atoms with Crippen LogP contribution in [0.15, 0.2) is 65.1 Å². The number of aromatic nitrogens is 2. The number of nitrogens with zero attached hydrogens (tertiary/aromatic N) is 3. The van der Waals surface area contributed by atoms with Gasteiger partial charge in [-0.05, 0) is 164 Å². The van der Waals surface area contributed by atoms with Gasteiger partial charge in [-0.25, -0.2) is 9.19 Å². The topological polar surface area (TPSA) is 99.7 Å². The number of pyridine rings is 2. The van der Waals surface area contributed by atoms with Crippen LogP contribution in [-0.2, 0) is 16.5 Å². The third-order valence-corrected chi connectivity index (χ3v) is 13.0. The van der Waals surface area contributed by atoms with E-state index < -0.39 is 16.5 Å². The van der Waals surface area contributed by atoms with Crippen molar-refractivity contribution in [3.8, 4) is 11.5 Å². The fourth-order valence-electron chi connectivity index (χ4n) is 7.70. The zero-order valence-electron chi connectivity index (χ0n) is 35.8. The Labute approximate surface area is 334 Å². The molecule has 2 heterocycles. The minimum atomic E-state index is -1.29. The highest BCUT2D eigenvalue weighted by Crippen LogP contribution is 2.40. The highest BCUT2D eigenvalue weighted by molar-refractivity contribution is 7.85. The molecule has 55 heavy (non-hydrogen) atoms. The second-order valence-corrected chi connectivity index (χ2v) is 21.7. The number of hydrogen-bond acceptors (Lipinski definition) is 6. The van der Waals surface area contributed by atoms with E-state index in [0.29, 0.717) is 28.7 Å². The van der Waals surface area contributed by atoms with Crippen molar-refractivity contribution >= 4 is 38.5 Å². The van der Waals surface area contributed by atoms with Crippen LogP contribution in [0, 0.1) is 22.7 Å². The second kappa shape index (κ2) is 17.0. The number of ether oxygens (including phenoxy) is 2. The molecule has 0 saturated heterocycles. The molecule has 2 aliphatic carbocycles. The molecule has 2 fully saturated rings. The molecule has 2 N–H and O–H groups in total. The van der Waals surface area contributed by atoms with Crippen LogP contribution < -0.4 is 15.2 Å². The van der Waals surface area contributed by atoms with Crippen molar-refractivity contribution in [2.75, 3.05) is 0 Å². The van der Waals surface area contributed by atoms with E-state index in [9.17, 15) is 4.21 Å². The van der Waals surface area contributed by atoms with Crippen LogP contribution in [0.2, 0.25) is 0 Å². The van der Waals surface area contributed by atoms with E-state index in [4.69, 9.17) is 25.2 Å². The van der Waals surface area contributed by atoms with Crippen molar-refractivity contribution in [3.05, 3.63) is 72.1 Å². The molecule has 0 radical (unpaired) electrons. The zero-order valence-corrected chi connectivity index (χ0v) is 36.6. The molecule has 1 atom stereocenters.